The summed E-state index contributed by atoms with van der Waals surface area (Å²) in [6.07, 6.45) is -0.713. The number of hydrogen-bond acceptors (Lipinski definition) is 3. The number of benzene rings is 1. The normalized spacial score (nSPS) is 12.8. The summed E-state index contributed by atoms with van der Waals surface area (Å²) >= 11 is 3.28. The van der Waals surface area contributed by atoms with E-state index in [9.17, 15) is 5.11 Å². The minimum atomic E-state index is -0.713. The maximum Gasteiger partial charge on any atom is 0.154 e. The lowest BCUT2D eigenvalue weighted by Crippen LogP contribution is -2.07. The van der Waals surface area contributed by atoms with Gasteiger partial charge in [-0.05, 0) is 28.4 Å². The monoisotopic (exact) mass is 281 g/mol. The third-order valence-corrected chi connectivity index (χ3v) is 3.04. The van der Waals surface area contributed by atoms with Gasteiger partial charge in [-0.15, -0.1) is 5.10 Å². The molecule has 0 radical (unpaired) electrons. The van der Waals surface area contributed by atoms with Crippen LogP contribution in [0.25, 0.3) is 0 Å². The number of halogens is 1. The first-order valence-electron chi connectivity index (χ1n) is 4.89. The number of rotatable bonds is 2. The molecule has 0 aliphatic heterocycles. The minimum Gasteiger partial charge on any atom is -0.382 e. The first-order valence-corrected chi connectivity index (χ1v) is 5.68. The molecule has 0 saturated carbocycles. The van der Waals surface area contributed by atoms with Gasteiger partial charge in [0.2, 0.25) is 0 Å². The molecule has 2 rings (SSSR count). The van der Waals surface area contributed by atoms with E-state index in [0.29, 0.717) is 10.3 Å². The Morgan fingerprint density at radius 3 is 2.44 bits per heavy atom. The summed E-state index contributed by atoms with van der Waals surface area (Å²) in [4.78, 5) is 0. The molecule has 1 N–H and O–H groups in total. The highest BCUT2D eigenvalue weighted by Gasteiger charge is 2.19. The number of nitrogens with zero attached hydrogens (tertiary/aromatic N) is 3. The van der Waals surface area contributed by atoms with Crippen LogP contribution in [0, 0.1) is 6.92 Å². The lowest BCUT2D eigenvalue weighted by Gasteiger charge is -2.11. The van der Waals surface area contributed by atoms with Crippen molar-refractivity contribution in [2.24, 2.45) is 7.05 Å². The topological polar surface area (TPSA) is 50.9 Å². The summed E-state index contributed by atoms with van der Waals surface area (Å²) in [7, 11) is 1.75. The lowest BCUT2D eigenvalue weighted by molar-refractivity contribution is 0.209. The molecule has 4 nitrogen and oxygen atoms in total. The second kappa shape index (κ2) is 4.35. The summed E-state index contributed by atoms with van der Waals surface area (Å²) in [5, 5.41) is 17.9. The third kappa shape index (κ3) is 2.01. The summed E-state index contributed by atoms with van der Waals surface area (Å²) in [5.74, 6) is 0. The molecule has 1 heterocycles. The molecule has 1 aromatic carbocycles. The van der Waals surface area contributed by atoms with Gasteiger partial charge in [-0.3, -0.25) is 0 Å². The van der Waals surface area contributed by atoms with Gasteiger partial charge in [-0.25, -0.2) is 4.68 Å². The van der Waals surface area contributed by atoms with Crippen molar-refractivity contribution >= 4 is 15.9 Å². The molecule has 0 spiro atoms. The quantitative estimate of drug-likeness (QED) is 0.916. The van der Waals surface area contributed by atoms with Gasteiger partial charge in [0, 0.05) is 7.05 Å². The molecule has 0 aliphatic rings. The Bertz CT molecular complexity index is 473. The molecule has 0 amide bonds. The van der Waals surface area contributed by atoms with Crippen LogP contribution in [-0.2, 0) is 7.05 Å². The number of hydrogen-bond donors (Lipinski definition) is 1. The summed E-state index contributed by atoms with van der Waals surface area (Å²) in [5.41, 5.74) is 2.65. The van der Waals surface area contributed by atoms with Crippen molar-refractivity contribution in [1.82, 2.24) is 15.0 Å². The van der Waals surface area contributed by atoms with E-state index in [1.807, 2.05) is 31.2 Å². The second-order valence-corrected chi connectivity index (χ2v) is 4.45. The first-order chi connectivity index (χ1) is 7.59. The van der Waals surface area contributed by atoms with Crippen molar-refractivity contribution in [2.75, 3.05) is 0 Å². The van der Waals surface area contributed by atoms with Crippen molar-refractivity contribution < 1.29 is 5.11 Å². The maximum atomic E-state index is 10.2. The van der Waals surface area contributed by atoms with Gasteiger partial charge in [-0.2, -0.15) is 0 Å². The molecular formula is C11H12BrN3O. The van der Waals surface area contributed by atoms with E-state index in [2.05, 4.69) is 26.2 Å². The molecule has 1 aromatic heterocycles. The Balaban J connectivity index is 2.39. The number of aromatic nitrogens is 3. The van der Waals surface area contributed by atoms with Crippen molar-refractivity contribution in [2.45, 2.75) is 13.0 Å². The van der Waals surface area contributed by atoms with E-state index in [-0.39, 0.29) is 0 Å². The summed E-state index contributed by atoms with van der Waals surface area (Å²) in [6.45, 7) is 2.01. The molecule has 5 heteroatoms. The summed E-state index contributed by atoms with van der Waals surface area (Å²) < 4.78 is 2.14. The Morgan fingerprint density at radius 2 is 1.94 bits per heavy atom. The zero-order valence-electron chi connectivity index (χ0n) is 9.05. The van der Waals surface area contributed by atoms with Crippen LogP contribution < -0.4 is 0 Å². The van der Waals surface area contributed by atoms with Gasteiger partial charge in [-0.1, -0.05) is 35.0 Å². The molecule has 84 valence electrons. The molecule has 0 fully saturated rings. The Hall–Kier alpha value is -1.20. The van der Waals surface area contributed by atoms with Crippen LogP contribution in [0.1, 0.15) is 22.9 Å². The SMILES string of the molecule is Cc1ccc(C(O)c2c(Br)nnn2C)cc1. The van der Waals surface area contributed by atoms with E-state index < -0.39 is 6.10 Å². The van der Waals surface area contributed by atoms with Gasteiger partial charge in [0.05, 0.1) is 0 Å². The molecule has 0 saturated heterocycles. The van der Waals surface area contributed by atoms with Crippen LogP contribution in [0.2, 0.25) is 0 Å². The van der Waals surface area contributed by atoms with E-state index in [1.54, 1.807) is 11.7 Å². The lowest BCUT2D eigenvalue weighted by atomic mass is 10.1. The van der Waals surface area contributed by atoms with Crippen molar-refractivity contribution in [3.63, 3.8) is 0 Å². The fraction of sp³-hybridized carbons (Fsp3) is 0.273. The number of aliphatic hydroxyl groups is 1. The highest BCUT2D eigenvalue weighted by molar-refractivity contribution is 9.10. The predicted octanol–water partition coefficient (Wildman–Crippen LogP) is 1.97. The average molecular weight is 282 g/mol. The minimum absolute atomic E-state index is 0.572. The van der Waals surface area contributed by atoms with E-state index >= 15 is 0 Å². The highest BCUT2D eigenvalue weighted by atomic mass is 79.9. The van der Waals surface area contributed by atoms with Crippen LogP contribution in [0.3, 0.4) is 0 Å². The molecular weight excluding hydrogens is 270 g/mol. The van der Waals surface area contributed by atoms with Gasteiger partial charge in [0.15, 0.2) is 4.60 Å². The van der Waals surface area contributed by atoms with E-state index in [1.165, 1.54) is 0 Å². The van der Waals surface area contributed by atoms with Gasteiger partial charge < -0.3 is 5.11 Å². The molecule has 16 heavy (non-hydrogen) atoms. The predicted molar refractivity (Wildman–Crippen MR) is 63.9 cm³/mol. The van der Waals surface area contributed by atoms with Crippen LogP contribution in [0.4, 0.5) is 0 Å². The van der Waals surface area contributed by atoms with Crippen molar-refractivity contribution in [1.29, 1.82) is 0 Å². The number of aliphatic hydroxyl groups excluding tert-OH is 1. The average Bonchev–Trinajstić information content (AvgIpc) is 2.59. The Labute approximate surface area is 102 Å². The fourth-order valence-electron chi connectivity index (χ4n) is 1.54. The molecule has 1 atom stereocenters. The zero-order valence-corrected chi connectivity index (χ0v) is 10.6. The van der Waals surface area contributed by atoms with Crippen LogP contribution in [0.15, 0.2) is 28.9 Å². The largest absolute Gasteiger partial charge is 0.382 e. The highest BCUT2D eigenvalue weighted by Crippen LogP contribution is 2.26. The van der Waals surface area contributed by atoms with Crippen LogP contribution in [-0.4, -0.2) is 20.1 Å². The molecule has 1 unspecified atom stereocenters. The second-order valence-electron chi connectivity index (χ2n) is 3.70. The zero-order chi connectivity index (χ0) is 11.7. The molecule has 0 aliphatic carbocycles. The van der Waals surface area contributed by atoms with E-state index in [4.69, 9.17) is 0 Å². The summed E-state index contributed by atoms with van der Waals surface area (Å²) in [6, 6.07) is 7.74. The first kappa shape index (κ1) is 11.3. The van der Waals surface area contributed by atoms with Gasteiger partial charge in [0.25, 0.3) is 0 Å². The number of aryl methyl sites for hydroxylation is 2. The Kier molecular flexibility index (Phi) is 3.07. The standard InChI is InChI=1S/C11H12BrN3O/c1-7-3-5-8(6-4-7)10(16)9-11(12)13-14-15(9)2/h3-6,10,16H,1-2H3. The van der Waals surface area contributed by atoms with Gasteiger partial charge in [0.1, 0.15) is 11.8 Å². The molecule has 0 bridgehead atoms. The maximum absolute atomic E-state index is 10.2. The van der Waals surface area contributed by atoms with Crippen molar-refractivity contribution in [3.05, 3.63) is 45.7 Å². The third-order valence-electron chi connectivity index (χ3n) is 2.48. The smallest absolute Gasteiger partial charge is 0.154 e. The Morgan fingerprint density at radius 1 is 1.31 bits per heavy atom. The van der Waals surface area contributed by atoms with E-state index in [0.717, 1.165) is 11.1 Å². The molecule has 2 aromatic rings. The fourth-order valence-corrected chi connectivity index (χ4v) is 2.08. The van der Waals surface area contributed by atoms with Crippen molar-refractivity contribution in [3.8, 4) is 0 Å². The van der Waals surface area contributed by atoms with Crippen LogP contribution in [0.5, 0.6) is 0 Å². The van der Waals surface area contributed by atoms with Gasteiger partial charge >= 0.3 is 0 Å². The van der Waals surface area contributed by atoms with Crippen LogP contribution >= 0.6 is 15.9 Å².